The Morgan fingerprint density at radius 2 is 2.31 bits per heavy atom. The maximum absolute atomic E-state index is 12.0. The van der Waals surface area contributed by atoms with Gasteiger partial charge in [0.2, 0.25) is 0 Å². The first-order valence-corrected chi connectivity index (χ1v) is 5.80. The molecule has 2 rings (SSSR count). The molecule has 0 aromatic rings. The molecule has 2 bridgehead atoms. The Labute approximate surface area is 96.2 Å². The van der Waals surface area contributed by atoms with Crippen molar-refractivity contribution in [2.24, 2.45) is 0 Å². The number of rotatable bonds is 0. The first-order valence-electron chi connectivity index (χ1n) is 5.80. The molecule has 1 unspecified atom stereocenters. The normalized spacial score (nSPS) is 24.6. The number of hydrogen-bond acceptors (Lipinski definition) is 3. The first kappa shape index (κ1) is 11.3. The molecular formula is C12H19NO3. The van der Waals surface area contributed by atoms with E-state index < -0.39 is 5.60 Å². The smallest absolute Gasteiger partial charge is 0.415 e. The van der Waals surface area contributed by atoms with Gasteiger partial charge in [-0.2, -0.15) is 0 Å². The quantitative estimate of drug-likeness (QED) is 0.636. The van der Waals surface area contributed by atoms with E-state index in [1.54, 1.807) is 11.2 Å². The van der Waals surface area contributed by atoms with Crippen molar-refractivity contribution >= 4 is 6.09 Å². The molecule has 4 nitrogen and oxygen atoms in total. The number of amides is 1. The summed E-state index contributed by atoms with van der Waals surface area (Å²) < 4.78 is 10.7. The molecule has 0 aliphatic carbocycles. The molecular weight excluding hydrogens is 206 g/mol. The van der Waals surface area contributed by atoms with E-state index >= 15 is 0 Å². The van der Waals surface area contributed by atoms with Crippen LogP contribution in [0.4, 0.5) is 4.79 Å². The lowest BCUT2D eigenvalue weighted by molar-refractivity contribution is 0.00140. The van der Waals surface area contributed by atoms with Gasteiger partial charge in [0.25, 0.3) is 0 Å². The Balaban J connectivity index is 2.11. The summed E-state index contributed by atoms with van der Waals surface area (Å²) >= 11 is 0. The minimum absolute atomic E-state index is 0.156. The van der Waals surface area contributed by atoms with Gasteiger partial charge in [-0.15, -0.1) is 0 Å². The van der Waals surface area contributed by atoms with Crippen LogP contribution in [0.2, 0.25) is 0 Å². The Morgan fingerprint density at radius 1 is 1.56 bits per heavy atom. The highest BCUT2D eigenvalue weighted by molar-refractivity contribution is 5.71. The van der Waals surface area contributed by atoms with Crippen LogP contribution in [0, 0.1) is 0 Å². The predicted molar refractivity (Wildman–Crippen MR) is 59.7 cm³/mol. The number of ether oxygens (including phenoxy) is 2. The largest absolute Gasteiger partial charge is 0.497 e. The topological polar surface area (TPSA) is 38.8 Å². The molecule has 2 aliphatic rings. The van der Waals surface area contributed by atoms with Gasteiger partial charge in [0.15, 0.2) is 0 Å². The minimum Gasteiger partial charge on any atom is -0.497 e. The lowest BCUT2D eigenvalue weighted by Crippen LogP contribution is -2.48. The van der Waals surface area contributed by atoms with Crippen molar-refractivity contribution < 1.29 is 14.3 Å². The van der Waals surface area contributed by atoms with Crippen molar-refractivity contribution in [1.82, 2.24) is 4.90 Å². The molecule has 1 amide bonds. The highest BCUT2D eigenvalue weighted by atomic mass is 16.6. The molecule has 1 saturated heterocycles. The van der Waals surface area contributed by atoms with Crippen molar-refractivity contribution in [3.63, 3.8) is 0 Å². The van der Waals surface area contributed by atoms with Crippen molar-refractivity contribution in [3.05, 3.63) is 12.0 Å². The monoisotopic (exact) mass is 225 g/mol. The number of fused-ring (bicyclic) bond motifs is 2. The number of hydrogen-bond donors (Lipinski definition) is 0. The third kappa shape index (κ3) is 2.31. The van der Waals surface area contributed by atoms with Crippen LogP contribution in [0.25, 0.3) is 0 Å². The lowest BCUT2D eigenvalue weighted by atomic mass is 9.99. The standard InChI is InChI=1S/C12H19NO3/c1-12(2,3)16-11(14)13-9-5-4-6-10(13)8-15-7-9/h7,10H,4-6,8H2,1-3H3. The molecule has 1 fully saturated rings. The molecule has 0 spiro atoms. The van der Waals surface area contributed by atoms with E-state index in [0.717, 1.165) is 25.0 Å². The van der Waals surface area contributed by atoms with Crippen molar-refractivity contribution in [2.45, 2.75) is 51.7 Å². The second-order valence-electron chi connectivity index (χ2n) is 5.34. The Hall–Kier alpha value is -1.19. The number of piperidine rings is 1. The van der Waals surface area contributed by atoms with Gasteiger partial charge in [0.1, 0.15) is 18.5 Å². The number of nitrogens with zero attached hydrogens (tertiary/aromatic N) is 1. The van der Waals surface area contributed by atoms with Crippen LogP contribution in [0.3, 0.4) is 0 Å². The van der Waals surface area contributed by atoms with Crippen molar-refractivity contribution in [3.8, 4) is 0 Å². The number of allylic oxidation sites excluding steroid dienone is 1. The summed E-state index contributed by atoms with van der Waals surface area (Å²) in [5.41, 5.74) is 0.515. The average molecular weight is 225 g/mol. The lowest BCUT2D eigenvalue weighted by Gasteiger charge is -2.40. The van der Waals surface area contributed by atoms with Crippen molar-refractivity contribution in [1.29, 1.82) is 0 Å². The summed E-state index contributed by atoms with van der Waals surface area (Å²) in [6.45, 7) is 6.24. The molecule has 0 aromatic heterocycles. The molecule has 2 aliphatic heterocycles. The van der Waals surface area contributed by atoms with E-state index in [4.69, 9.17) is 9.47 Å². The summed E-state index contributed by atoms with van der Waals surface area (Å²) in [7, 11) is 0. The third-order valence-corrected chi connectivity index (χ3v) is 2.74. The van der Waals surface area contributed by atoms with E-state index in [0.29, 0.717) is 6.61 Å². The van der Waals surface area contributed by atoms with Gasteiger partial charge in [0.05, 0.1) is 11.7 Å². The fourth-order valence-electron chi connectivity index (χ4n) is 2.11. The SMILES string of the molecule is CC(C)(C)OC(=O)N1C2=COCC1CCC2. The summed E-state index contributed by atoms with van der Waals surface area (Å²) in [4.78, 5) is 13.8. The highest BCUT2D eigenvalue weighted by Crippen LogP contribution is 2.31. The summed E-state index contributed by atoms with van der Waals surface area (Å²) in [6, 6.07) is 0.156. The van der Waals surface area contributed by atoms with Crippen LogP contribution in [0.15, 0.2) is 12.0 Å². The average Bonchev–Trinajstić information content (AvgIpc) is 2.13. The highest BCUT2D eigenvalue weighted by Gasteiger charge is 2.36. The van der Waals surface area contributed by atoms with Crippen LogP contribution in [0.1, 0.15) is 40.0 Å². The second kappa shape index (κ2) is 4.00. The maximum Gasteiger partial charge on any atom is 0.415 e. The third-order valence-electron chi connectivity index (χ3n) is 2.74. The fraction of sp³-hybridized carbons (Fsp3) is 0.750. The summed E-state index contributed by atoms with van der Waals surface area (Å²) in [6.07, 6.45) is 4.47. The fourth-order valence-corrected chi connectivity index (χ4v) is 2.11. The predicted octanol–water partition coefficient (Wildman–Crippen LogP) is 2.65. The molecule has 16 heavy (non-hydrogen) atoms. The van der Waals surface area contributed by atoms with Gasteiger partial charge in [-0.1, -0.05) is 0 Å². The van der Waals surface area contributed by atoms with Gasteiger partial charge in [-0.25, -0.2) is 4.79 Å². The molecule has 0 aromatic carbocycles. The van der Waals surface area contributed by atoms with Crippen molar-refractivity contribution in [2.75, 3.05) is 6.61 Å². The summed E-state index contributed by atoms with van der Waals surface area (Å²) in [5, 5.41) is 0. The van der Waals surface area contributed by atoms with Crippen LogP contribution < -0.4 is 0 Å². The van der Waals surface area contributed by atoms with Gasteiger partial charge in [-0.05, 0) is 40.0 Å². The van der Waals surface area contributed by atoms with Gasteiger partial charge < -0.3 is 9.47 Å². The Kier molecular flexibility index (Phi) is 2.82. The molecule has 0 N–H and O–H groups in total. The van der Waals surface area contributed by atoms with Crippen LogP contribution in [-0.2, 0) is 9.47 Å². The number of carbonyl (C=O) groups excluding carboxylic acids is 1. The molecule has 2 heterocycles. The van der Waals surface area contributed by atoms with Crippen LogP contribution in [-0.4, -0.2) is 29.2 Å². The van der Waals surface area contributed by atoms with Gasteiger partial charge in [0, 0.05) is 0 Å². The van der Waals surface area contributed by atoms with Gasteiger partial charge in [-0.3, -0.25) is 4.90 Å². The Bertz CT molecular complexity index is 317. The van der Waals surface area contributed by atoms with Gasteiger partial charge >= 0.3 is 6.09 Å². The zero-order valence-electron chi connectivity index (χ0n) is 10.2. The molecule has 0 radical (unpaired) electrons. The molecule has 1 atom stereocenters. The van der Waals surface area contributed by atoms with E-state index in [1.165, 1.54) is 0 Å². The van der Waals surface area contributed by atoms with Crippen LogP contribution >= 0.6 is 0 Å². The maximum atomic E-state index is 12.0. The zero-order chi connectivity index (χ0) is 11.8. The summed E-state index contributed by atoms with van der Waals surface area (Å²) in [5.74, 6) is 0. The van der Waals surface area contributed by atoms with Crippen LogP contribution in [0.5, 0.6) is 0 Å². The molecule has 90 valence electrons. The van der Waals surface area contributed by atoms with E-state index in [2.05, 4.69) is 0 Å². The second-order valence-corrected chi connectivity index (χ2v) is 5.34. The number of carbonyl (C=O) groups is 1. The van der Waals surface area contributed by atoms with E-state index in [-0.39, 0.29) is 12.1 Å². The van der Waals surface area contributed by atoms with E-state index in [9.17, 15) is 4.79 Å². The minimum atomic E-state index is -0.440. The molecule has 0 saturated carbocycles. The molecule has 4 heteroatoms. The zero-order valence-corrected chi connectivity index (χ0v) is 10.2. The first-order chi connectivity index (χ1) is 7.47. The Morgan fingerprint density at radius 3 is 2.94 bits per heavy atom. The van der Waals surface area contributed by atoms with E-state index in [1.807, 2.05) is 20.8 Å².